The summed E-state index contributed by atoms with van der Waals surface area (Å²) >= 11 is 0. The van der Waals surface area contributed by atoms with Gasteiger partial charge in [0, 0.05) is 56.2 Å². The Kier molecular flexibility index (Phi) is 6.29. The van der Waals surface area contributed by atoms with Crippen LogP contribution in [0.15, 0.2) is 39.5 Å². The molecule has 0 spiro atoms. The van der Waals surface area contributed by atoms with Gasteiger partial charge in [-0.2, -0.15) is 4.98 Å². The Morgan fingerprint density at radius 1 is 1.17 bits per heavy atom. The molecular formula is C23H26N8O4. The Morgan fingerprint density at radius 3 is 2.77 bits per heavy atom. The van der Waals surface area contributed by atoms with E-state index in [-0.39, 0.29) is 18.3 Å². The van der Waals surface area contributed by atoms with Crippen LogP contribution in [0.25, 0.3) is 22.7 Å². The number of aliphatic hydroxyl groups is 1. The zero-order valence-corrected chi connectivity index (χ0v) is 19.5. The molecule has 5 heterocycles. The predicted molar refractivity (Wildman–Crippen MR) is 130 cm³/mol. The number of amides is 1. The molecule has 4 aromatic rings. The molecule has 0 aliphatic carbocycles. The first-order valence-corrected chi connectivity index (χ1v) is 11.3. The summed E-state index contributed by atoms with van der Waals surface area (Å²) < 4.78 is 11.3. The van der Waals surface area contributed by atoms with Gasteiger partial charge in [-0.3, -0.25) is 9.78 Å². The van der Waals surface area contributed by atoms with E-state index in [2.05, 4.69) is 42.4 Å². The first-order chi connectivity index (χ1) is 17.0. The molecule has 4 aromatic heterocycles. The van der Waals surface area contributed by atoms with E-state index in [0.717, 1.165) is 37.4 Å². The minimum Gasteiger partial charge on any atom is -0.444 e. The van der Waals surface area contributed by atoms with E-state index in [4.69, 9.17) is 18.9 Å². The molecule has 182 valence electrons. The maximum Gasteiger partial charge on any atom is 0.297 e. The number of anilines is 3. The van der Waals surface area contributed by atoms with Gasteiger partial charge >= 0.3 is 0 Å². The molecule has 3 N–H and O–H groups in total. The smallest absolute Gasteiger partial charge is 0.297 e. The summed E-state index contributed by atoms with van der Waals surface area (Å²) in [7, 11) is 2.07. The van der Waals surface area contributed by atoms with Crippen LogP contribution in [0.4, 0.5) is 17.5 Å². The lowest BCUT2D eigenvalue weighted by Gasteiger charge is -2.34. The summed E-state index contributed by atoms with van der Waals surface area (Å²) in [5.74, 6) is 0.512. The quantitative estimate of drug-likeness (QED) is 0.358. The van der Waals surface area contributed by atoms with Crippen LogP contribution in [0, 0.1) is 6.92 Å². The van der Waals surface area contributed by atoms with Gasteiger partial charge in [-0.1, -0.05) is 0 Å². The van der Waals surface area contributed by atoms with Crippen LogP contribution in [0.2, 0.25) is 0 Å². The number of hydrogen-bond donors (Lipinski definition) is 3. The molecule has 12 heteroatoms. The maximum atomic E-state index is 13.1. The number of aryl methyl sites for hydroxylation is 1. The van der Waals surface area contributed by atoms with E-state index in [1.165, 1.54) is 6.26 Å². The average molecular weight is 479 g/mol. The lowest BCUT2D eigenvalue weighted by atomic mass is 10.2. The zero-order chi connectivity index (χ0) is 24.4. The van der Waals surface area contributed by atoms with Gasteiger partial charge < -0.3 is 34.4 Å². The number of aromatic nitrogens is 4. The van der Waals surface area contributed by atoms with Crippen molar-refractivity contribution in [3.05, 3.63) is 42.0 Å². The number of pyridine rings is 2. The molecule has 1 amide bonds. The number of hydrogen-bond acceptors (Lipinski definition) is 11. The summed E-state index contributed by atoms with van der Waals surface area (Å²) in [5.41, 5.74) is 3.01. The second kappa shape index (κ2) is 9.68. The normalized spacial score (nSPS) is 14.4. The van der Waals surface area contributed by atoms with Crippen LogP contribution in [0.3, 0.4) is 0 Å². The molecule has 1 saturated heterocycles. The molecule has 5 rings (SSSR count). The second-order valence-corrected chi connectivity index (χ2v) is 8.32. The summed E-state index contributed by atoms with van der Waals surface area (Å²) in [4.78, 5) is 35.0. The van der Waals surface area contributed by atoms with Crippen molar-refractivity contribution in [3.8, 4) is 11.5 Å². The van der Waals surface area contributed by atoms with Gasteiger partial charge in [-0.25, -0.2) is 9.97 Å². The average Bonchev–Trinajstić information content (AvgIpc) is 3.50. The number of carbonyl (C=O) groups excluding carboxylic acids is 1. The van der Waals surface area contributed by atoms with Crippen LogP contribution in [0.1, 0.15) is 16.2 Å². The van der Waals surface area contributed by atoms with E-state index in [9.17, 15) is 4.79 Å². The Labute approximate surface area is 201 Å². The number of oxazole rings is 2. The molecule has 35 heavy (non-hydrogen) atoms. The number of nitrogens with one attached hydrogen (secondary N) is 2. The van der Waals surface area contributed by atoms with Crippen molar-refractivity contribution in [2.45, 2.75) is 6.92 Å². The van der Waals surface area contributed by atoms with Gasteiger partial charge in [0.05, 0.1) is 12.3 Å². The number of aliphatic hydroxyl groups excluding tert-OH is 1. The molecule has 0 radical (unpaired) electrons. The SMILES string of the molecule is Cc1cc(-c2nc(C(=O)Nc3cc4oc(NCCO)nc4nc3N3CCN(C)CC3)co2)ccn1. The zero-order valence-electron chi connectivity index (χ0n) is 19.5. The molecule has 0 atom stereocenters. The maximum absolute atomic E-state index is 13.1. The van der Waals surface area contributed by atoms with Crippen molar-refractivity contribution in [1.29, 1.82) is 0 Å². The highest BCUT2D eigenvalue weighted by atomic mass is 16.4. The Morgan fingerprint density at radius 2 is 2.00 bits per heavy atom. The van der Waals surface area contributed by atoms with Crippen LogP contribution in [-0.2, 0) is 0 Å². The van der Waals surface area contributed by atoms with Crippen LogP contribution >= 0.6 is 0 Å². The summed E-state index contributed by atoms with van der Waals surface area (Å²) in [5, 5.41) is 14.9. The lowest BCUT2D eigenvalue weighted by molar-refractivity contribution is 0.102. The topological polar surface area (TPSA) is 146 Å². The fraction of sp³-hybridized carbons (Fsp3) is 0.348. The molecule has 1 fully saturated rings. The van der Waals surface area contributed by atoms with E-state index in [1.54, 1.807) is 18.3 Å². The Balaban J connectivity index is 1.44. The van der Waals surface area contributed by atoms with Gasteiger partial charge in [0.15, 0.2) is 17.1 Å². The van der Waals surface area contributed by atoms with Crippen molar-refractivity contribution in [2.24, 2.45) is 0 Å². The number of fused-ring (bicyclic) bond motifs is 1. The molecule has 0 aromatic carbocycles. The van der Waals surface area contributed by atoms with Gasteiger partial charge in [-0.05, 0) is 26.1 Å². The third-order valence-electron chi connectivity index (χ3n) is 5.68. The van der Waals surface area contributed by atoms with Crippen molar-refractivity contribution < 1.29 is 18.7 Å². The Hall–Kier alpha value is -4.03. The van der Waals surface area contributed by atoms with E-state index in [0.29, 0.717) is 35.2 Å². The molecule has 0 unspecified atom stereocenters. The van der Waals surface area contributed by atoms with Gasteiger partial charge in [0.25, 0.3) is 11.9 Å². The van der Waals surface area contributed by atoms with Crippen LogP contribution < -0.4 is 15.5 Å². The number of nitrogens with zero attached hydrogens (tertiary/aromatic N) is 6. The number of piperazine rings is 1. The third-order valence-corrected chi connectivity index (χ3v) is 5.68. The van der Waals surface area contributed by atoms with E-state index in [1.807, 2.05) is 13.0 Å². The monoisotopic (exact) mass is 478 g/mol. The summed E-state index contributed by atoms with van der Waals surface area (Å²) in [6, 6.07) is 5.57. The van der Waals surface area contributed by atoms with Crippen molar-refractivity contribution in [3.63, 3.8) is 0 Å². The molecular weight excluding hydrogens is 452 g/mol. The molecule has 1 aliphatic heterocycles. The van der Waals surface area contributed by atoms with Crippen LogP contribution in [-0.4, -0.2) is 82.2 Å². The molecule has 12 nitrogen and oxygen atoms in total. The van der Waals surface area contributed by atoms with E-state index >= 15 is 0 Å². The highest BCUT2D eigenvalue weighted by Crippen LogP contribution is 2.31. The van der Waals surface area contributed by atoms with Crippen molar-refractivity contribution >= 4 is 34.7 Å². The first kappa shape index (κ1) is 22.7. The van der Waals surface area contributed by atoms with Gasteiger partial charge in [0.2, 0.25) is 11.5 Å². The number of rotatable bonds is 7. The predicted octanol–water partition coefficient (Wildman–Crippen LogP) is 1.99. The fourth-order valence-corrected chi connectivity index (χ4v) is 3.82. The minimum absolute atomic E-state index is 0.0568. The lowest BCUT2D eigenvalue weighted by Crippen LogP contribution is -2.45. The minimum atomic E-state index is -0.430. The first-order valence-electron chi connectivity index (χ1n) is 11.3. The molecule has 1 aliphatic rings. The van der Waals surface area contributed by atoms with Gasteiger partial charge in [0.1, 0.15) is 6.26 Å². The highest BCUT2D eigenvalue weighted by molar-refractivity contribution is 6.05. The van der Waals surface area contributed by atoms with Crippen molar-refractivity contribution in [1.82, 2.24) is 24.8 Å². The summed E-state index contributed by atoms with van der Waals surface area (Å²) in [6.07, 6.45) is 2.99. The van der Waals surface area contributed by atoms with E-state index < -0.39 is 5.91 Å². The van der Waals surface area contributed by atoms with Crippen LogP contribution in [0.5, 0.6) is 0 Å². The molecule has 0 bridgehead atoms. The second-order valence-electron chi connectivity index (χ2n) is 8.32. The van der Waals surface area contributed by atoms with Crippen molar-refractivity contribution in [2.75, 3.05) is 61.9 Å². The largest absolute Gasteiger partial charge is 0.444 e. The molecule has 0 saturated carbocycles. The summed E-state index contributed by atoms with van der Waals surface area (Å²) in [6.45, 7) is 5.35. The number of carbonyl (C=O) groups is 1. The third kappa shape index (κ3) is 4.93. The Bertz CT molecular complexity index is 1340. The fourth-order valence-electron chi connectivity index (χ4n) is 3.82. The number of likely N-dealkylation sites (N-methyl/N-ethyl adjacent to an activating group) is 1. The highest BCUT2D eigenvalue weighted by Gasteiger charge is 2.23. The van der Waals surface area contributed by atoms with Gasteiger partial charge in [-0.15, -0.1) is 0 Å². The standard InChI is InChI=1S/C23H26N8O4/c1-14-11-15(3-4-24-14)22-27-17(13-34-22)21(33)26-16-12-18-19(29-23(35-18)25-5-10-32)28-20(16)31-8-6-30(2)7-9-31/h3-4,11-13,32H,5-10H2,1-2H3,(H,26,33)(H,25,28,29).